The average Bonchev–Trinajstić information content (AvgIpc) is 3.53. The number of ether oxygens (including phenoxy) is 1. The van der Waals surface area contributed by atoms with Crippen LogP contribution in [-0.2, 0) is 7.05 Å². The molecule has 29 heavy (non-hydrogen) atoms. The van der Waals surface area contributed by atoms with Gasteiger partial charge in [-0.2, -0.15) is 14.0 Å². The molecule has 8 heteroatoms. The summed E-state index contributed by atoms with van der Waals surface area (Å²) in [5, 5.41) is 9.26. The van der Waals surface area contributed by atoms with Crippen LogP contribution in [0.2, 0.25) is 0 Å². The van der Waals surface area contributed by atoms with Crippen LogP contribution in [0.15, 0.2) is 47.3 Å². The lowest BCUT2D eigenvalue weighted by atomic mass is 10.2. The maximum Gasteiger partial charge on any atom is 0.387 e. The highest BCUT2D eigenvalue weighted by atomic mass is 19.3. The van der Waals surface area contributed by atoms with Crippen LogP contribution in [0.4, 0.5) is 20.2 Å². The predicted octanol–water partition coefficient (Wildman–Crippen LogP) is 3.95. The number of nitriles is 1. The highest BCUT2D eigenvalue weighted by Gasteiger charge is 2.27. The molecule has 0 aliphatic heterocycles. The third kappa shape index (κ3) is 3.90. The van der Waals surface area contributed by atoms with Crippen molar-refractivity contribution < 1.29 is 13.5 Å². The molecule has 148 valence electrons. The summed E-state index contributed by atoms with van der Waals surface area (Å²) in [5.74, 6) is 0.541. The summed E-state index contributed by atoms with van der Waals surface area (Å²) < 4.78 is 30.8. The van der Waals surface area contributed by atoms with Gasteiger partial charge in [-0.3, -0.25) is 4.79 Å². The molecule has 1 saturated carbocycles. The second kappa shape index (κ2) is 7.51. The largest absolute Gasteiger partial charge is 0.435 e. The molecule has 2 aromatic heterocycles. The Morgan fingerprint density at radius 1 is 1.28 bits per heavy atom. The Morgan fingerprint density at radius 3 is 2.62 bits per heavy atom. The molecule has 1 aliphatic rings. The lowest BCUT2D eigenvalue weighted by molar-refractivity contribution is -0.0498. The maximum absolute atomic E-state index is 12.6. The van der Waals surface area contributed by atoms with Crippen molar-refractivity contribution in [3.05, 3.63) is 58.5 Å². The molecule has 0 radical (unpaired) electrons. The minimum Gasteiger partial charge on any atom is -0.435 e. The summed E-state index contributed by atoms with van der Waals surface area (Å²) in [6.45, 7) is -2.23. The van der Waals surface area contributed by atoms with Gasteiger partial charge in [0.05, 0.1) is 11.2 Å². The van der Waals surface area contributed by atoms with E-state index in [0.29, 0.717) is 29.2 Å². The highest BCUT2D eigenvalue weighted by Crippen LogP contribution is 2.37. The van der Waals surface area contributed by atoms with Gasteiger partial charge >= 0.3 is 6.61 Å². The SMILES string of the molecule is Cn1c(=O)cc(N(CC2CC2)c2ccc(OC(F)F)cc2)c2nc(C#N)ccc21. The predicted molar refractivity (Wildman–Crippen MR) is 105 cm³/mol. The fraction of sp³-hybridized carbons (Fsp3) is 0.286. The van der Waals surface area contributed by atoms with E-state index < -0.39 is 6.61 Å². The van der Waals surface area contributed by atoms with Gasteiger partial charge in [-0.05, 0) is 55.2 Å². The lowest BCUT2D eigenvalue weighted by Crippen LogP contribution is -2.25. The number of hydrogen-bond acceptors (Lipinski definition) is 5. The Kier molecular flexibility index (Phi) is 4.89. The standard InChI is InChI=1S/C21H18F2N4O2/c1-26-17-9-4-14(11-24)25-20(17)18(10-19(26)28)27(12-13-2-3-13)15-5-7-16(8-6-15)29-21(22)23/h4-10,13,21H,2-3,12H2,1H3. The molecular formula is C21H18F2N4O2. The molecule has 2 heterocycles. The van der Waals surface area contributed by atoms with Crippen LogP contribution in [-0.4, -0.2) is 22.7 Å². The zero-order valence-corrected chi connectivity index (χ0v) is 15.7. The zero-order valence-electron chi connectivity index (χ0n) is 15.7. The van der Waals surface area contributed by atoms with Gasteiger partial charge in [0, 0.05) is 25.3 Å². The molecule has 6 nitrogen and oxygen atoms in total. The minimum atomic E-state index is -2.89. The first-order chi connectivity index (χ1) is 14.0. The van der Waals surface area contributed by atoms with Crippen LogP contribution in [0, 0.1) is 17.2 Å². The molecule has 1 fully saturated rings. The van der Waals surface area contributed by atoms with Crippen molar-refractivity contribution in [2.75, 3.05) is 11.4 Å². The van der Waals surface area contributed by atoms with Crippen LogP contribution < -0.4 is 15.2 Å². The summed E-state index contributed by atoms with van der Waals surface area (Å²) in [6.07, 6.45) is 2.17. The molecule has 0 unspecified atom stereocenters. The fourth-order valence-electron chi connectivity index (χ4n) is 3.29. The molecular weight excluding hydrogens is 378 g/mol. The van der Waals surface area contributed by atoms with Gasteiger partial charge in [-0.1, -0.05) is 0 Å². The number of aromatic nitrogens is 2. The first-order valence-electron chi connectivity index (χ1n) is 9.19. The number of alkyl halides is 2. The maximum atomic E-state index is 12.6. The Bertz CT molecular complexity index is 1150. The number of anilines is 2. The van der Waals surface area contributed by atoms with Crippen LogP contribution >= 0.6 is 0 Å². The van der Waals surface area contributed by atoms with E-state index in [1.165, 1.54) is 22.8 Å². The van der Waals surface area contributed by atoms with Crippen molar-refractivity contribution in [2.24, 2.45) is 13.0 Å². The van der Waals surface area contributed by atoms with Gasteiger partial charge in [-0.15, -0.1) is 0 Å². The fourth-order valence-corrected chi connectivity index (χ4v) is 3.29. The quantitative estimate of drug-likeness (QED) is 0.631. The van der Waals surface area contributed by atoms with E-state index in [0.717, 1.165) is 18.5 Å². The smallest absolute Gasteiger partial charge is 0.387 e. The van der Waals surface area contributed by atoms with E-state index in [1.807, 2.05) is 11.0 Å². The van der Waals surface area contributed by atoms with Gasteiger partial charge in [0.2, 0.25) is 0 Å². The molecule has 0 bridgehead atoms. The number of hydrogen-bond donors (Lipinski definition) is 0. The van der Waals surface area contributed by atoms with E-state index in [1.54, 1.807) is 31.3 Å². The van der Waals surface area contributed by atoms with Crippen LogP contribution in [0.1, 0.15) is 18.5 Å². The van der Waals surface area contributed by atoms with Crippen molar-refractivity contribution in [1.82, 2.24) is 9.55 Å². The van der Waals surface area contributed by atoms with Gasteiger partial charge in [0.25, 0.3) is 5.56 Å². The molecule has 0 saturated heterocycles. The van der Waals surface area contributed by atoms with Crippen molar-refractivity contribution in [3.8, 4) is 11.8 Å². The second-order valence-corrected chi connectivity index (χ2v) is 7.03. The van der Waals surface area contributed by atoms with Crippen molar-refractivity contribution in [3.63, 3.8) is 0 Å². The van der Waals surface area contributed by atoms with E-state index in [2.05, 4.69) is 9.72 Å². The molecule has 1 aromatic carbocycles. The molecule has 1 aliphatic carbocycles. The number of nitrogens with zero attached hydrogens (tertiary/aromatic N) is 4. The number of benzene rings is 1. The van der Waals surface area contributed by atoms with Crippen LogP contribution in [0.25, 0.3) is 11.0 Å². The third-order valence-corrected chi connectivity index (χ3v) is 4.99. The summed E-state index contributed by atoms with van der Waals surface area (Å²) in [4.78, 5) is 19.0. The highest BCUT2D eigenvalue weighted by molar-refractivity contribution is 5.91. The number of halogens is 2. The van der Waals surface area contributed by atoms with Gasteiger partial charge in [0.15, 0.2) is 0 Å². The molecule has 3 aromatic rings. The Balaban J connectivity index is 1.85. The summed E-state index contributed by atoms with van der Waals surface area (Å²) in [5.41, 5.74) is 2.54. The van der Waals surface area contributed by atoms with Crippen molar-refractivity contribution in [1.29, 1.82) is 5.26 Å². The molecule has 4 rings (SSSR count). The molecule has 0 spiro atoms. The Hall–Kier alpha value is -3.47. The third-order valence-electron chi connectivity index (χ3n) is 4.99. The second-order valence-electron chi connectivity index (χ2n) is 7.03. The Labute approximate surface area is 165 Å². The van der Waals surface area contributed by atoms with Gasteiger partial charge in [-0.25, -0.2) is 4.98 Å². The molecule has 0 amide bonds. The van der Waals surface area contributed by atoms with Crippen molar-refractivity contribution in [2.45, 2.75) is 19.5 Å². The summed E-state index contributed by atoms with van der Waals surface area (Å²) in [7, 11) is 1.66. The number of aryl methyl sites for hydroxylation is 1. The van der Waals surface area contributed by atoms with E-state index >= 15 is 0 Å². The van der Waals surface area contributed by atoms with E-state index in [-0.39, 0.29) is 17.0 Å². The van der Waals surface area contributed by atoms with Gasteiger partial charge in [0.1, 0.15) is 23.0 Å². The van der Waals surface area contributed by atoms with Gasteiger partial charge < -0.3 is 14.2 Å². The van der Waals surface area contributed by atoms with E-state index in [9.17, 15) is 18.8 Å². The van der Waals surface area contributed by atoms with Crippen molar-refractivity contribution >= 4 is 22.4 Å². The van der Waals surface area contributed by atoms with Crippen LogP contribution in [0.5, 0.6) is 5.75 Å². The zero-order chi connectivity index (χ0) is 20.5. The topological polar surface area (TPSA) is 71.2 Å². The lowest BCUT2D eigenvalue weighted by Gasteiger charge is -2.26. The first kappa shape index (κ1) is 18.9. The first-order valence-corrected chi connectivity index (χ1v) is 9.19. The van der Waals surface area contributed by atoms with Crippen LogP contribution in [0.3, 0.4) is 0 Å². The van der Waals surface area contributed by atoms with E-state index in [4.69, 9.17) is 0 Å². The molecule has 0 N–H and O–H groups in total. The number of rotatable bonds is 6. The summed E-state index contributed by atoms with van der Waals surface area (Å²) in [6, 6.07) is 13.1. The minimum absolute atomic E-state index is 0.0637. The average molecular weight is 396 g/mol. The Morgan fingerprint density at radius 2 is 2.00 bits per heavy atom. The molecule has 0 atom stereocenters. The normalized spacial score (nSPS) is 13.5. The number of pyridine rings is 2. The summed E-state index contributed by atoms with van der Waals surface area (Å²) >= 11 is 0. The monoisotopic (exact) mass is 396 g/mol. The number of fused-ring (bicyclic) bond motifs is 1.